The molecule has 0 aromatic carbocycles. The van der Waals surface area contributed by atoms with Gasteiger partial charge in [0.2, 0.25) is 0 Å². The molecular weight excluding hydrogens is 593 g/mol. The molecule has 0 spiro atoms. The zero-order chi connectivity index (χ0) is 32.1. The van der Waals surface area contributed by atoms with Crippen LogP contribution in [0.15, 0.2) is 0 Å². The topological polar surface area (TPSA) is 55.4 Å². The Bertz CT molecular complexity index is 517. The Labute approximate surface area is 275 Å². The molecule has 0 heterocycles. The summed E-state index contributed by atoms with van der Waals surface area (Å²) in [7, 11) is 5.03. The predicted octanol–water partition coefficient (Wildman–Crippen LogP) is 10.8. The SMILES string of the molecule is CCCCCCCCCCCCC(C[Si](OC)(OC)OC)SC(CCCCCCCCCCCC)C[Si](OC)(OC)OC. The smallest absolute Gasteiger partial charge is 0.377 e. The van der Waals surface area contributed by atoms with Gasteiger partial charge in [-0.05, 0) is 12.8 Å². The molecule has 0 bridgehead atoms. The second kappa shape index (κ2) is 29.9. The summed E-state index contributed by atoms with van der Waals surface area (Å²) >= 11 is 2.08. The summed E-state index contributed by atoms with van der Waals surface area (Å²) in [5.74, 6) is 0. The minimum absolute atomic E-state index is 0.408. The third-order valence-electron chi connectivity index (χ3n) is 8.97. The van der Waals surface area contributed by atoms with Gasteiger partial charge in [0.15, 0.2) is 0 Å². The van der Waals surface area contributed by atoms with E-state index in [-0.39, 0.29) is 0 Å². The van der Waals surface area contributed by atoms with Gasteiger partial charge in [0, 0.05) is 65.2 Å². The average Bonchev–Trinajstić information content (AvgIpc) is 3.04. The van der Waals surface area contributed by atoms with Crippen LogP contribution in [-0.4, -0.2) is 70.8 Å². The van der Waals surface area contributed by atoms with Gasteiger partial charge in [-0.25, -0.2) is 0 Å². The van der Waals surface area contributed by atoms with Crippen LogP contribution in [-0.2, 0) is 26.6 Å². The van der Waals surface area contributed by atoms with Gasteiger partial charge in [0.05, 0.1) is 0 Å². The maximum Gasteiger partial charge on any atom is 0.501 e. The molecule has 2 atom stereocenters. The van der Waals surface area contributed by atoms with Crippen molar-refractivity contribution >= 4 is 29.4 Å². The van der Waals surface area contributed by atoms with E-state index in [4.69, 9.17) is 26.6 Å². The van der Waals surface area contributed by atoms with Gasteiger partial charge in [-0.3, -0.25) is 0 Å². The van der Waals surface area contributed by atoms with E-state index in [1.54, 1.807) is 42.7 Å². The van der Waals surface area contributed by atoms with Crippen molar-refractivity contribution < 1.29 is 26.6 Å². The van der Waals surface area contributed by atoms with Crippen molar-refractivity contribution in [3.8, 4) is 0 Å². The van der Waals surface area contributed by atoms with Crippen molar-refractivity contribution in [1.29, 1.82) is 0 Å². The zero-order valence-electron chi connectivity index (χ0n) is 30.0. The van der Waals surface area contributed by atoms with Crippen LogP contribution in [0.4, 0.5) is 0 Å². The van der Waals surface area contributed by atoms with Gasteiger partial charge >= 0.3 is 17.6 Å². The average molecular weight is 667 g/mol. The molecule has 0 radical (unpaired) electrons. The van der Waals surface area contributed by atoms with Crippen LogP contribution >= 0.6 is 11.8 Å². The molecule has 9 heteroatoms. The molecule has 0 amide bonds. The summed E-state index contributed by atoms with van der Waals surface area (Å²) in [6.45, 7) is 4.57. The van der Waals surface area contributed by atoms with Crippen LogP contribution in [0, 0.1) is 0 Å². The van der Waals surface area contributed by atoms with E-state index in [2.05, 4.69) is 25.6 Å². The third-order valence-corrected chi connectivity index (χ3v) is 16.8. The minimum atomic E-state index is -2.70. The molecule has 260 valence electrons. The zero-order valence-corrected chi connectivity index (χ0v) is 32.8. The Kier molecular flexibility index (Phi) is 30.3. The third kappa shape index (κ3) is 21.9. The Morgan fingerprint density at radius 3 is 0.837 bits per heavy atom. The van der Waals surface area contributed by atoms with Crippen LogP contribution in [0.25, 0.3) is 0 Å². The highest BCUT2D eigenvalue weighted by Gasteiger charge is 2.44. The first-order chi connectivity index (χ1) is 20.9. The first-order valence-electron chi connectivity index (χ1n) is 17.9. The second-order valence-electron chi connectivity index (χ2n) is 12.3. The molecule has 0 saturated carbocycles. The van der Waals surface area contributed by atoms with E-state index in [0.717, 1.165) is 24.9 Å². The molecule has 0 fully saturated rings. The predicted molar refractivity (Wildman–Crippen MR) is 191 cm³/mol. The summed E-state index contributed by atoms with van der Waals surface area (Å²) in [4.78, 5) is 0. The quantitative estimate of drug-likeness (QED) is 0.0500. The lowest BCUT2D eigenvalue weighted by molar-refractivity contribution is 0.123. The second-order valence-corrected chi connectivity index (χ2v) is 19.9. The molecular formula is C34H74O6SSi2. The highest BCUT2D eigenvalue weighted by atomic mass is 32.2. The van der Waals surface area contributed by atoms with Crippen molar-refractivity contribution in [2.45, 2.75) is 178 Å². The normalized spacial score (nSPS) is 14.0. The fraction of sp³-hybridized carbons (Fsp3) is 1.00. The van der Waals surface area contributed by atoms with Gasteiger partial charge in [0.1, 0.15) is 0 Å². The highest BCUT2D eigenvalue weighted by molar-refractivity contribution is 8.00. The van der Waals surface area contributed by atoms with Crippen LogP contribution in [0.1, 0.15) is 155 Å². The minimum Gasteiger partial charge on any atom is -0.377 e. The molecule has 0 N–H and O–H groups in total. The van der Waals surface area contributed by atoms with Crippen molar-refractivity contribution in [2.75, 3.05) is 42.7 Å². The largest absolute Gasteiger partial charge is 0.501 e. The van der Waals surface area contributed by atoms with Crippen LogP contribution in [0.3, 0.4) is 0 Å². The van der Waals surface area contributed by atoms with Crippen LogP contribution < -0.4 is 0 Å². The molecule has 0 aromatic heterocycles. The number of unbranched alkanes of at least 4 members (excludes halogenated alkanes) is 18. The van der Waals surface area contributed by atoms with Gasteiger partial charge < -0.3 is 26.6 Å². The van der Waals surface area contributed by atoms with Gasteiger partial charge in [-0.1, -0.05) is 142 Å². The van der Waals surface area contributed by atoms with Gasteiger partial charge in [-0.15, -0.1) is 0 Å². The first-order valence-corrected chi connectivity index (χ1v) is 22.7. The fourth-order valence-electron chi connectivity index (χ4n) is 5.99. The Morgan fingerprint density at radius 1 is 0.372 bits per heavy atom. The Morgan fingerprint density at radius 2 is 0.605 bits per heavy atom. The van der Waals surface area contributed by atoms with E-state index >= 15 is 0 Å². The number of hydrogen-bond acceptors (Lipinski definition) is 7. The molecule has 0 aliphatic heterocycles. The van der Waals surface area contributed by atoms with Crippen molar-refractivity contribution in [1.82, 2.24) is 0 Å². The van der Waals surface area contributed by atoms with E-state index in [1.165, 1.54) is 128 Å². The number of rotatable bonds is 34. The molecule has 0 aliphatic carbocycles. The lowest BCUT2D eigenvalue weighted by atomic mass is 10.1. The summed E-state index contributed by atoms with van der Waals surface area (Å²) < 4.78 is 35.4. The van der Waals surface area contributed by atoms with E-state index < -0.39 is 17.6 Å². The molecule has 43 heavy (non-hydrogen) atoms. The number of hydrogen-bond donors (Lipinski definition) is 0. The van der Waals surface area contributed by atoms with Gasteiger partial charge in [-0.2, -0.15) is 11.8 Å². The van der Waals surface area contributed by atoms with Crippen LogP contribution in [0.2, 0.25) is 12.1 Å². The standard InChI is InChI=1S/C34H74O6SSi2/c1-9-11-13-15-17-19-21-23-25-27-29-33(31-42(35-3,36-4)37-5)41-34(32-43(38-6,39-7)40-8)30-28-26-24-22-20-18-16-14-12-10-2/h33-34H,9-32H2,1-8H3. The number of thioether (sulfide) groups is 1. The molecule has 0 rings (SSSR count). The monoisotopic (exact) mass is 666 g/mol. The molecule has 6 nitrogen and oxygen atoms in total. The summed E-state index contributed by atoms with van der Waals surface area (Å²) in [5.41, 5.74) is 0. The van der Waals surface area contributed by atoms with E-state index in [9.17, 15) is 0 Å². The lowest BCUT2D eigenvalue weighted by Crippen LogP contribution is -2.46. The summed E-state index contributed by atoms with van der Waals surface area (Å²) in [6, 6.07) is 1.66. The maximum absolute atomic E-state index is 5.90. The highest BCUT2D eigenvalue weighted by Crippen LogP contribution is 2.37. The van der Waals surface area contributed by atoms with Crippen molar-refractivity contribution in [3.63, 3.8) is 0 Å². The first kappa shape index (κ1) is 43.5. The molecule has 0 saturated heterocycles. The molecule has 0 aromatic rings. The fourth-order valence-corrected chi connectivity index (χ4v) is 12.7. The summed E-state index contributed by atoms with van der Waals surface area (Å²) in [5, 5.41) is 0.817. The lowest BCUT2D eigenvalue weighted by Gasteiger charge is -2.33. The van der Waals surface area contributed by atoms with E-state index in [1.807, 2.05) is 0 Å². The summed E-state index contributed by atoms with van der Waals surface area (Å²) in [6.07, 6.45) is 29.4. The Hall–Kier alpha value is 0.544. The van der Waals surface area contributed by atoms with Crippen molar-refractivity contribution in [2.24, 2.45) is 0 Å². The van der Waals surface area contributed by atoms with E-state index in [0.29, 0.717) is 10.5 Å². The van der Waals surface area contributed by atoms with Gasteiger partial charge in [0.25, 0.3) is 0 Å². The molecule has 0 aliphatic rings. The Balaban J connectivity index is 5.11. The molecule has 2 unspecified atom stereocenters. The maximum atomic E-state index is 5.90. The van der Waals surface area contributed by atoms with Crippen LogP contribution in [0.5, 0.6) is 0 Å². The van der Waals surface area contributed by atoms with Crippen molar-refractivity contribution in [3.05, 3.63) is 0 Å².